The Bertz CT molecular complexity index is 905. The summed E-state index contributed by atoms with van der Waals surface area (Å²) in [5.41, 5.74) is 1.38. The minimum Gasteiger partial charge on any atom is -0.354 e. The first-order valence-electron chi connectivity index (χ1n) is 8.89. The van der Waals surface area contributed by atoms with Crippen LogP contribution >= 0.6 is 0 Å². The Labute approximate surface area is 151 Å². The van der Waals surface area contributed by atoms with Crippen molar-refractivity contribution in [3.8, 4) is 0 Å². The lowest BCUT2D eigenvalue weighted by Crippen LogP contribution is -2.35. The molecule has 1 N–H and O–H groups in total. The molecule has 3 aromatic heterocycles. The van der Waals surface area contributed by atoms with Gasteiger partial charge < -0.3 is 14.8 Å². The van der Waals surface area contributed by atoms with Gasteiger partial charge in [0.25, 0.3) is 5.91 Å². The third-order valence-electron chi connectivity index (χ3n) is 4.68. The molecule has 3 aromatic rings. The molecule has 26 heavy (non-hydrogen) atoms. The minimum absolute atomic E-state index is 0.0102. The second kappa shape index (κ2) is 7.07. The molecule has 1 fully saturated rings. The summed E-state index contributed by atoms with van der Waals surface area (Å²) >= 11 is 0. The quantitative estimate of drug-likeness (QED) is 0.772. The molecule has 0 aliphatic carbocycles. The summed E-state index contributed by atoms with van der Waals surface area (Å²) in [4.78, 5) is 37.2. The van der Waals surface area contributed by atoms with Gasteiger partial charge in [-0.2, -0.15) is 0 Å². The number of fused-ring (bicyclic) bond motifs is 1. The van der Waals surface area contributed by atoms with Crippen molar-refractivity contribution in [3.05, 3.63) is 42.4 Å². The van der Waals surface area contributed by atoms with Gasteiger partial charge in [-0.15, -0.1) is 0 Å². The van der Waals surface area contributed by atoms with Crippen LogP contribution in [0.4, 0.5) is 5.82 Å². The molecule has 0 saturated carbocycles. The Balaban J connectivity index is 1.49. The van der Waals surface area contributed by atoms with Crippen LogP contribution in [0.1, 0.15) is 29.5 Å². The third-order valence-corrected chi connectivity index (χ3v) is 4.68. The van der Waals surface area contributed by atoms with E-state index in [0.717, 1.165) is 48.6 Å². The van der Waals surface area contributed by atoms with E-state index in [1.807, 2.05) is 24.1 Å². The first-order chi connectivity index (χ1) is 12.8. The van der Waals surface area contributed by atoms with Gasteiger partial charge in [-0.25, -0.2) is 19.9 Å². The predicted molar refractivity (Wildman–Crippen MR) is 98.0 cm³/mol. The van der Waals surface area contributed by atoms with Crippen molar-refractivity contribution in [3.63, 3.8) is 0 Å². The minimum atomic E-state index is -0.0102. The predicted octanol–water partition coefficient (Wildman–Crippen LogP) is 1.66. The third kappa shape index (κ3) is 3.10. The number of hydrogen-bond donors (Lipinski definition) is 1. The van der Waals surface area contributed by atoms with E-state index < -0.39 is 0 Å². The normalized spacial score (nSPS) is 15.3. The summed E-state index contributed by atoms with van der Waals surface area (Å²) in [6.07, 6.45) is 8.36. The van der Waals surface area contributed by atoms with Crippen LogP contribution in [0, 0.1) is 0 Å². The second-order valence-electron chi connectivity index (χ2n) is 6.31. The first-order valence-corrected chi connectivity index (χ1v) is 8.89. The van der Waals surface area contributed by atoms with Gasteiger partial charge in [0.2, 0.25) is 0 Å². The molecule has 4 rings (SSSR count). The fourth-order valence-corrected chi connectivity index (χ4v) is 3.27. The molecular weight excluding hydrogens is 330 g/mol. The van der Waals surface area contributed by atoms with Crippen molar-refractivity contribution in [2.75, 3.05) is 31.1 Å². The number of hydrogen-bond acceptors (Lipinski definition) is 6. The van der Waals surface area contributed by atoms with Gasteiger partial charge in [0.05, 0.1) is 10.9 Å². The molecule has 0 bridgehead atoms. The Kier molecular flexibility index (Phi) is 4.47. The molecule has 0 atom stereocenters. The largest absolute Gasteiger partial charge is 0.354 e. The summed E-state index contributed by atoms with van der Waals surface area (Å²) in [5.74, 6) is 1.66. The SMILES string of the molecule is CCc1ncc(C(=O)N2CCCN(c3ncnc4[nH]ccc34)CC2)cn1. The monoisotopic (exact) mass is 351 g/mol. The number of aromatic nitrogens is 5. The Morgan fingerprint density at radius 3 is 2.77 bits per heavy atom. The fourth-order valence-electron chi connectivity index (χ4n) is 3.27. The molecule has 1 amide bonds. The van der Waals surface area contributed by atoms with Crippen molar-refractivity contribution >= 4 is 22.8 Å². The maximum Gasteiger partial charge on any atom is 0.257 e. The van der Waals surface area contributed by atoms with Gasteiger partial charge in [-0.3, -0.25) is 4.79 Å². The van der Waals surface area contributed by atoms with Crippen LogP contribution in [-0.4, -0.2) is 61.9 Å². The van der Waals surface area contributed by atoms with E-state index in [9.17, 15) is 4.79 Å². The van der Waals surface area contributed by atoms with Crippen LogP contribution in [0.25, 0.3) is 11.0 Å². The van der Waals surface area contributed by atoms with Gasteiger partial charge in [-0.1, -0.05) is 6.92 Å². The zero-order chi connectivity index (χ0) is 17.9. The van der Waals surface area contributed by atoms with E-state index in [0.29, 0.717) is 18.7 Å². The van der Waals surface area contributed by atoms with Gasteiger partial charge in [0.15, 0.2) is 0 Å². The molecule has 4 heterocycles. The zero-order valence-electron chi connectivity index (χ0n) is 14.7. The molecule has 0 radical (unpaired) electrons. The van der Waals surface area contributed by atoms with Gasteiger partial charge in [0.1, 0.15) is 23.6 Å². The average Bonchev–Trinajstić information content (AvgIpc) is 3.04. The van der Waals surface area contributed by atoms with E-state index in [4.69, 9.17) is 0 Å². The number of nitrogens with one attached hydrogen (secondary N) is 1. The number of anilines is 1. The van der Waals surface area contributed by atoms with E-state index in [2.05, 4.69) is 29.8 Å². The number of carbonyl (C=O) groups is 1. The summed E-state index contributed by atoms with van der Waals surface area (Å²) in [5, 5.41) is 1.01. The van der Waals surface area contributed by atoms with Crippen molar-refractivity contribution in [1.29, 1.82) is 0 Å². The van der Waals surface area contributed by atoms with Crippen molar-refractivity contribution in [1.82, 2.24) is 29.8 Å². The van der Waals surface area contributed by atoms with Crippen LogP contribution < -0.4 is 4.90 Å². The lowest BCUT2D eigenvalue weighted by atomic mass is 10.2. The number of amides is 1. The maximum atomic E-state index is 12.8. The van der Waals surface area contributed by atoms with Gasteiger partial charge in [-0.05, 0) is 12.5 Å². The standard InChI is InChI=1S/C18H21N7O/c1-2-15-20-10-13(11-21-15)18(26)25-7-3-6-24(8-9-25)17-14-4-5-19-16(14)22-12-23-17/h4-5,10-12H,2-3,6-9H2,1H3,(H,19,22,23). The van der Waals surface area contributed by atoms with E-state index in [1.165, 1.54) is 0 Å². The summed E-state index contributed by atoms with van der Waals surface area (Å²) in [7, 11) is 0. The first kappa shape index (κ1) is 16.4. The molecule has 8 heteroatoms. The number of aryl methyl sites for hydroxylation is 1. The topological polar surface area (TPSA) is 90.9 Å². The average molecular weight is 351 g/mol. The van der Waals surface area contributed by atoms with Crippen molar-refractivity contribution in [2.45, 2.75) is 19.8 Å². The number of carbonyl (C=O) groups excluding carboxylic acids is 1. The van der Waals surface area contributed by atoms with E-state index >= 15 is 0 Å². The second-order valence-corrected chi connectivity index (χ2v) is 6.31. The Morgan fingerprint density at radius 1 is 1.12 bits per heavy atom. The fraction of sp³-hybridized carbons (Fsp3) is 0.389. The van der Waals surface area contributed by atoms with Crippen LogP contribution in [-0.2, 0) is 6.42 Å². The number of rotatable bonds is 3. The molecule has 0 unspecified atom stereocenters. The maximum absolute atomic E-state index is 12.8. The smallest absolute Gasteiger partial charge is 0.257 e. The molecular formula is C18H21N7O. The highest BCUT2D eigenvalue weighted by atomic mass is 16.2. The van der Waals surface area contributed by atoms with Crippen molar-refractivity contribution < 1.29 is 4.79 Å². The molecule has 1 saturated heterocycles. The lowest BCUT2D eigenvalue weighted by Gasteiger charge is -2.23. The van der Waals surface area contributed by atoms with Crippen molar-refractivity contribution in [2.24, 2.45) is 0 Å². The van der Waals surface area contributed by atoms with E-state index in [-0.39, 0.29) is 5.91 Å². The summed E-state index contributed by atoms with van der Waals surface area (Å²) in [6, 6.07) is 1.99. The summed E-state index contributed by atoms with van der Waals surface area (Å²) in [6.45, 7) is 4.94. The molecule has 8 nitrogen and oxygen atoms in total. The number of nitrogens with zero attached hydrogens (tertiary/aromatic N) is 6. The van der Waals surface area contributed by atoms with Crippen LogP contribution in [0.5, 0.6) is 0 Å². The van der Waals surface area contributed by atoms with Crippen LogP contribution in [0.15, 0.2) is 31.0 Å². The highest BCUT2D eigenvalue weighted by molar-refractivity contribution is 5.93. The van der Waals surface area contributed by atoms with Crippen LogP contribution in [0.2, 0.25) is 0 Å². The molecule has 0 aromatic carbocycles. The number of H-pyrrole nitrogens is 1. The Hall–Kier alpha value is -3.03. The highest BCUT2D eigenvalue weighted by Gasteiger charge is 2.22. The van der Waals surface area contributed by atoms with Gasteiger partial charge in [0, 0.05) is 51.2 Å². The van der Waals surface area contributed by atoms with Gasteiger partial charge >= 0.3 is 0 Å². The Morgan fingerprint density at radius 2 is 1.96 bits per heavy atom. The molecule has 1 aliphatic rings. The van der Waals surface area contributed by atoms with E-state index in [1.54, 1.807) is 18.7 Å². The molecule has 1 aliphatic heterocycles. The molecule has 0 spiro atoms. The van der Waals surface area contributed by atoms with Crippen LogP contribution in [0.3, 0.4) is 0 Å². The molecule has 134 valence electrons. The summed E-state index contributed by atoms with van der Waals surface area (Å²) < 4.78 is 0. The highest BCUT2D eigenvalue weighted by Crippen LogP contribution is 2.23. The lowest BCUT2D eigenvalue weighted by molar-refractivity contribution is 0.0766. The zero-order valence-corrected chi connectivity index (χ0v) is 14.7. The number of aromatic amines is 1.